The first-order chi connectivity index (χ1) is 8.66. The topological polar surface area (TPSA) is 58.2 Å². The Labute approximate surface area is 105 Å². The van der Waals surface area contributed by atoms with Crippen LogP contribution >= 0.6 is 0 Å². The third kappa shape index (κ3) is 2.85. The summed E-state index contributed by atoms with van der Waals surface area (Å²) < 4.78 is 0. The molecule has 0 aliphatic carbocycles. The van der Waals surface area contributed by atoms with Crippen LogP contribution in [-0.4, -0.2) is 18.4 Å². The summed E-state index contributed by atoms with van der Waals surface area (Å²) in [5.41, 5.74) is 0.753. The number of nitrogens with one attached hydrogen (secondary N) is 2. The van der Waals surface area contributed by atoms with Crippen LogP contribution in [0, 0.1) is 0 Å². The van der Waals surface area contributed by atoms with Crippen LogP contribution in [0.15, 0.2) is 42.5 Å². The van der Waals surface area contributed by atoms with E-state index >= 15 is 0 Å². The molecule has 2 aromatic rings. The predicted octanol–water partition coefficient (Wildman–Crippen LogP) is 1.91. The molecular formula is C14H14N2O2. The molecule has 2 N–H and O–H groups in total. The van der Waals surface area contributed by atoms with Gasteiger partial charge in [-0.05, 0) is 11.5 Å². The molecule has 0 fully saturated rings. The van der Waals surface area contributed by atoms with Crippen LogP contribution in [-0.2, 0) is 9.59 Å². The fraction of sp³-hybridized carbons (Fsp3) is 0.143. The number of rotatable bonds is 3. The molecule has 0 unspecified atom stereocenters. The van der Waals surface area contributed by atoms with Crippen LogP contribution in [0.5, 0.6) is 0 Å². The smallest absolute Gasteiger partial charge is 0.243 e. The molecule has 0 aromatic heterocycles. The van der Waals surface area contributed by atoms with E-state index in [1.807, 2.05) is 42.5 Å². The van der Waals surface area contributed by atoms with Crippen molar-refractivity contribution < 1.29 is 9.59 Å². The molecule has 4 nitrogen and oxygen atoms in total. The molecule has 0 saturated heterocycles. The quantitative estimate of drug-likeness (QED) is 0.863. The molecule has 0 atom stereocenters. The lowest BCUT2D eigenvalue weighted by atomic mass is 10.1. The Hall–Kier alpha value is -2.36. The summed E-state index contributed by atoms with van der Waals surface area (Å²) in [7, 11) is 0. The van der Waals surface area contributed by atoms with Crippen LogP contribution < -0.4 is 10.6 Å². The van der Waals surface area contributed by atoms with E-state index < -0.39 is 0 Å². The van der Waals surface area contributed by atoms with Gasteiger partial charge in [0.05, 0.1) is 6.54 Å². The van der Waals surface area contributed by atoms with Gasteiger partial charge >= 0.3 is 0 Å². The Bertz CT molecular complexity index is 588. The van der Waals surface area contributed by atoms with E-state index in [4.69, 9.17) is 0 Å². The Kier molecular flexibility index (Phi) is 3.57. The second kappa shape index (κ2) is 5.31. The first kappa shape index (κ1) is 12.1. The third-order valence-electron chi connectivity index (χ3n) is 2.56. The Morgan fingerprint density at radius 3 is 2.56 bits per heavy atom. The SMILES string of the molecule is CC(=O)NCC(=O)Nc1cccc2ccccc12. The molecule has 2 amide bonds. The van der Waals surface area contributed by atoms with E-state index in [0.29, 0.717) is 0 Å². The maximum Gasteiger partial charge on any atom is 0.243 e. The summed E-state index contributed by atoms with van der Waals surface area (Å²) in [4.78, 5) is 22.4. The van der Waals surface area contributed by atoms with E-state index in [2.05, 4.69) is 10.6 Å². The predicted molar refractivity (Wildman–Crippen MR) is 71.3 cm³/mol. The van der Waals surface area contributed by atoms with Gasteiger partial charge < -0.3 is 10.6 Å². The lowest BCUT2D eigenvalue weighted by Crippen LogP contribution is -2.31. The highest BCUT2D eigenvalue weighted by Crippen LogP contribution is 2.22. The molecule has 0 saturated carbocycles. The van der Waals surface area contributed by atoms with Crippen LogP contribution in [0.4, 0.5) is 5.69 Å². The standard InChI is InChI=1S/C14H14N2O2/c1-10(17)15-9-14(18)16-13-8-4-6-11-5-2-3-7-12(11)13/h2-8H,9H2,1H3,(H,15,17)(H,16,18). The van der Waals surface area contributed by atoms with Crippen LogP contribution in [0.25, 0.3) is 10.8 Å². The van der Waals surface area contributed by atoms with Gasteiger partial charge in [-0.25, -0.2) is 0 Å². The average Bonchev–Trinajstić information content (AvgIpc) is 2.37. The van der Waals surface area contributed by atoms with Crippen LogP contribution in [0.2, 0.25) is 0 Å². The van der Waals surface area contributed by atoms with Crippen molar-refractivity contribution in [1.29, 1.82) is 0 Å². The normalized spacial score (nSPS) is 10.1. The molecule has 0 aliphatic heterocycles. The van der Waals surface area contributed by atoms with Crippen molar-refractivity contribution in [3.63, 3.8) is 0 Å². The molecule has 4 heteroatoms. The highest BCUT2D eigenvalue weighted by molar-refractivity contribution is 6.03. The number of benzene rings is 2. The number of hydrogen-bond acceptors (Lipinski definition) is 2. The molecule has 2 aromatic carbocycles. The van der Waals surface area contributed by atoms with Crippen LogP contribution in [0.1, 0.15) is 6.92 Å². The zero-order valence-electron chi connectivity index (χ0n) is 10.1. The minimum Gasteiger partial charge on any atom is -0.347 e. The van der Waals surface area contributed by atoms with Gasteiger partial charge in [-0.3, -0.25) is 9.59 Å². The van der Waals surface area contributed by atoms with E-state index in [9.17, 15) is 9.59 Å². The van der Waals surface area contributed by atoms with Crippen molar-refractivity contribution in [2.75, 3.05) is 11.9 Å². The number of amides is 2. The molecule has 2 rings (SSSR count). The van der Waals surface area contributed by atoms with Crippen molar-refractivity contribution in [1.82, 2.24) is 5.32 Å². The summed E-state index contributed by atoms with van der Waals surface area (Å²) >= 11 is 0. The highest BCUT2D eigenvalue weighted by atomic mass is 16.2. The van der Waals surface area contributed by atoms with Crippen molar-refractivity contribution in [2.24, 2.45) is 0 Å². The Balaban J connectivity index is 2.16. The van der Waals surface area contributed by atoms with E-state index in [1.165, 1.54) is 6.92 Å². The average molecular weight is 242 g/mol. The number of anilines is 1. The fourth-order valence-corrected chi connectivity index (χ4v) is 1.73. The van der Waals surface area contributed by atoms with Crippen molar-refractivity contribution in [3.8, 4) is 0 Å². The van der Waals surface area contributed by atoms with E-state index in [1.54, 1.807) is 0 Å². The second-order valence-corrected chi connectivity index (χ2v) is 3.98. The monoisotopic (exact) mass is 242 g/mol. The summed E-state index contributed by atoms with van der Waals surface area (Å²) in [5.74, 6) is -0.454. The first-order valence-corrected chi connectivity index (χ1v) is 5.69. The van der Waals surface area contributed by atoms with Gasteiger partial charge in [-0.1, -0.05) is 36.4 Å². The summed E-state index contributed by atoms with van der Waals surface area (Å²) in [6.07, 6.45) is 0. The van der Waals surface area contributed by atoms with E-state index in [-0.39, 0.29) is 18.4 Å². The van der Waals surface area contributed by atoms with Gasteiger partial charge in [0.15, 0.2) is 0 Å². The Morgan fingerprint density at radius 2 is 1.78 bits per heavy atom. The summed E-state index contributed by atoms with van der Waals surface area (Å²) in [6, 6.07) is 13.5. The fourth-order valence-electron chi connectivity index (χ4n) is 1.73. The van der Waals surface area contributed by atoms with Gasteiger partial charge in [0.2, 0.25) is 11.8 Å². The van der Waals surface area contributed by atoms with Crippen LogP contribution in [0.3, 0.4) is 0 Å². The van der Waals surface area contributed by atoms with Crippen molar-refractivity contribution in [2.45, 2.75) is 6.92 Å². The van der Waals surface area contributed by atoms with Gasteiger partial charge in [-0.15, -0.1) is 0 Å². The molecular weight excluding hydrogens is 228 g/mol. The van der Waals surface area contributed by atoms with Gasteiger partial charge in [0.25, 0.3) is 0 Å². The molecule has 0 aliphatic rings. The molecule has 18 heavy (non-hydrogen) atoms. The number of carbonyl (C=O) groups excluding carboxylic acids is 2. The minimum absolute atomic E-state index is 0.0153. The highest BCUT2D eigenvalue weighted by Gasteiger charge is 2.05. The lowest BCUT2D eigenvalue weighted by Gasteiger charge is -2.08. The lowest BCUT2D eigenvalue weighted by molar-refractivity contribution is -0.122. The zero-order valence-corrected chi connectivity index (χ0v) is 10.1. The van der Waals surface area contributed by atoms with Gasteiger partial charge in [-0.2, -0.15) is 0 Å². The van der Waals surface area contributed by atoms with Gasteiger partial charge in [0.1, 0.15) is 0 Å². The largest absolute Gasteiger partial charge is 0.347 e. The van der Waals surface area contributed by atoms with E-state index in [0.717, 1.165) is 16.5 Å². The minimum atomic E-state index is -0.235. The van der Waals surface area contributed by atoms with Crippen molar-refractivity contribution in [3.05, 3.63) is 42.5 Å². The second-order valence-electron chi connectivity index (χ2n) is 3.98. The third-order valence-corrected chi connectivity index (χ3v) is 2.56. The Morgan fingerprint density at radius 1 is 1.06 bits per heavy atom. The maximum atomic E-state index is 11.6. The van der Waals surface area contributed by atoms with Crippen molar-refractivity contribution >= 4 is 28.3 Å². The summed E-state index contributed by atoms with van der Waals surface area (Å²) in [6.45, 7) is 1.36. The number of fused-ring (bicyclic) bond motifs is 1. The molecule has 0 bridgehead atoms. The molecule has 0 spiro atoms. The number of hydrogen-bond donors (Lipinski definition) is 2. The number of carbonyl (C=O) groups is 2. The maximum absolute atomic E-state index is 11.6. The zero-order chi connectivity index (χ0) is 13.0. The first-order valence-electron chi connectivity index (χ1n) is 5.69. The summed E-state index contributed by atoms with van der Waals surface area (Å²) in [5, 5.41) is 7.30. The molecule has 92 valence electrons. The molecule has 0 radical (unpaired) electrons. The van der Waals surface area contributed by atoms with Gasteiger partial charge in [0, 0.05) is 18.0 Å². The molecule has 0 heterocycles.